The first-order valence-electron chi connectivity index (χ1n) is 5.67. The third kappa shape index (κ3) is 2.56. The van der Waals surface area contributed by atoms with Gasteiger partial charge in [-0.25, -0.2) is 8.42 Å². The third-order valence-electron chi connectivity index (χ3n) is 3.41. The Labute approximate surface area is 111 Å². The fourth-order valence-electron chi connectivity index (χ4n) is 2.03. The maximum absolute atomic E-state index is 12.3. The van der Waals surface area contributed by atoms with Gasteiger partial charge >= 0.3 is 0 Å². The first-order chi connectivity index (χ1) is 7.91. The summed E-state index contributed by atoms with van der Waals surface area (Å²) in [6.45, 7) is 5.45. The lowest BCUT2D eigenvalue weighted by molar-refractivity contribution is 0.463. The topological polar surface area (TPSA) is 37.4 Å². The van der Waals surface area contributed by atoms with Crippen molar-refractivity contribution in [1.82, 2.24) is 4.31 Å². The Bertz CT molecular complexity index is 488. The molecule has 0 bridgehead atoms. The minimum absolute atomic E-state index is 0.377. The van der Waals surface area contributed by atoms with Gasteiger partial charge in [-0.15, -0.1) is 0 Å². The van der Waals surface area contributed by atoms with E-state index in [-0.39, 0.29) is 0 Å². The smallest absolute Gasteiger partial charge is 0.207 e. The molecule has 1 aliphatic rings. The van der Waals surface area contributed by atoms with Crippen LogP contribution in [0.3, 0.4) is 0 Å². The van der Waals surface area contributed by atoms with Crippen LogP contribution in [-0.4, -0.2) is 25.8 Å². The SMILES string of the molecule is CC1CN(S(=O)(=O)c2ccc(Br)cc2)CC1C. The lowest BCUT2D eigenvalue weighted by Crippen LogP contribution is -2.29. The average Bonchev–Trinajstić information content (AvgIpc) is 2.60. The number of benzene rings is 1. The largest absolute Gasteiger partial charge is 0.243 e. The second-order valence-electron chi connectivity index (χ2n) is 4.73. The summed E-state index contributed by atoms with van der Waals surface area (Å²) in [6, 6.07) is 6.81. The molecule has 0 saturated carbocycles. The van der Waals surface area contributed by atoms with Gasteiger partial charge in [-0.3, -0.25) is 0 Å². The number of hydrogen-bond acceptors (Lipinski definition) is 2. The van der Waals surface area contributed by atoms with Crippen molar-refractivity contribution >= 4 is 26.0 Å². The molecular weight excluding hydrogens is 302 g/mol. The third-order valence-corrected chi connectivity index (χ3v) is 5.78. The zero-order valence-electron chi connectivity index (χ0n) is 9.93. The van der Waals surface area contributed by atoms with Gasteiger partial charge in [-0.2, -0.15) is 4.31 Å². The van der Waals surface area contributed by atoms with Gasteiger partial charge in [0, 0.05) is 17.6 Å². The standard InChI is InChI=1S/C12H16BrNO2S/c1-9-7-14(8-10(9)2)17(15,16)12-5-3-11(13)4-6-12/h3-6,9-10H,7-8H2,1-2H3. The summed E-state index contributed by atoms with van der Waals surface area (Å²) in [5.74, 6) is 0.862. The van der Waals surface area contributed by atoms with Crippen molar-refractivity contribution < 1.29 is 8.42 Å². The van der Waals surface area contributed by atoms with E-state index in [9.17, 15) is 8.42 Å². The molecule has 2 atom stereocenters. The molecule has 2 rings (SSSR count). The second kappa shape index (κ2) is 4.71. The van der Waals surface area contributed by atoms with Crippen LogP contribution in [0.15, 0.2) is 33.6 Å². The normalized spacial score (nSPS) is 26.3. The predicted molar refractivity (Wildman–Crippen MR) is 71.2 cm³/mol. The Morgan fingerprint density at radius 1 is 1.12 bits per heavy atom. The summed E-state index contributed by atoms with van der Waals surface area (Å²) in [6.07, 6.45) is 0. The van der Waals surface area contributed by atoms with Crippen molar-refractivity contribution in [2.75, 3.05) is 13.1 Å². The Hall–Kier alpha value is -0.390. The first kappa shape index (κ1) is 13.1. The molecule has 1 aliphatic heterocycles. The molecule has 2 unspecified atom stereocenters. The quantitative estimate of drug-likeness (QED) is 0.841. The van der Waals surface area contributed by atoms with E-state index < -0.39 is 10.0 Å². The Morgan fingerprint density at radius 3 is 2.06 bits per heavy atom. The summed E-state index contributed by atoms with van der Waals surface area (Å²) < 4.78 is 27.2. The minimum atomic E-state index is -3.31. The molecule has 0 amide bonds. The molecule has 0 spiro atoms. The highest BCUT2D eigenvalue weighted by molar-refractivity contribution is 9.10. The van der Waals surface area contributed by atoms with Crippen molar-refractivity contribution in [3.05, 3.63) is 28.7 Å². The average molecular weight is 318 g/mol. The highest BCUT2D eigenvalue weighted by atomic mass is 79.9. The Morgan fingerprint density at radius 2 is 1.59 bits per heavy atom. The molecule has 0 radical (unpaired) electrons. The van der Waals surface area contributed by atoms with Crippen molar-refractivity contribution in [3.63, 3.8) is 0 Å². The van der Waals surface area contributed by atoms with E-state index in [1.54, 1.807) is 28.6 Å². The molecule has 1 aromatic carbocycles. The summed E-state index contributed by atoms with van der Waals surface area (Å²) in [5.41, 5.74) is 0. The number of hydrogen-bond donors (Lipinski definition) is 0. The van der Waals surface area contributed by atoms with Gasteiger partial charge in [0.2, 0.25) is 10.0 Å². The predicted octanol–water partition coefficient (Wildman–Crippen LogP) is 2.73. The lowest BCUT2D eigenvalue weighted by Gasteiger charge is -2.16. The van der Waals surface area contributed by atoms with Crippen LogP contribution in [0, 0.1) is 11.8 Å². The number of nitrogens with zero attached hydrogens (tertiary/aromatic N) is 1. The maximum Gasteiger partial charge on any atom is 0.243 e. The van der Waals surface area contributed by atoms with Crippen LogP contribution in [0.5, 0.6) is 0 Å². The van der Waals surface area contributed by atoms with Gasteiger partial charge in [0.15, 0.2) is 0 Å². The van der Waals surface area contributed by atoms with Gasteiger partial charge in [0.25, 0.3) is 0 Å². The van der Waals surface area contributed by atoms with Crippen LogP contribution in [0.2, 0.25) is 0 Å². The molecule has 1 heterocycles. The molecule has 5 heteroatoms. The van der Waals surface area contributed by atoms with Gasteiger partial charge in [0.05, 0.1) is 4.90 Å². The zero-order valence-corrected chi connectivity index (χ0v) is 12.3. The fraction of sp³-hybridized carbons (Fsp3) is 0.500. The highest BCUT2D eigenvalue weighted by Crippen LogP contribution is 2.28. The molecule has 1 saturated heterocycles. The maximum atomic E-state index is 12.3. The number of sulfonamides is 1. The van der Waals surface area contributed by atoms with E-state index >= 15 is 0 Å². The van der Waals surface area contributed by atoms with Crippen molar-refractivity contribution in [2.45, 2.75) is 18.7 Å². The number of rotatable bonds is 2. The van der Waals surface area contributed by atoms with Crippen LogP contribution in [-0.2, 0) is 10.0 Å². The van der Waals surface area contributed by atoms with E-state index in [0.717, 1.165) is 4.47 Å². The van der Waals surface area contributed by atoms with E-state index in [4.69, 9.17) is 0 Å². The van der Waals surface area contributed by atoms with Crippen molar-refractivity contribution in [1.29, 1.82) is 0 Å². The van der Waals surface area contributed by atoms with Crippen LogP contribution in [0.4, 0.5) is 0 Å². The molecular formula is C12H16BrNO2S. The first-order valence-corrected chi connectivity index (χ1v) is 7.90. The fourth-order valence-corrected chi connectivity index (χ4v) is 3.93. The summed E-state index contributed by atoms with van der Waals surface area (Å²) in [4.78, 5) is 0.377. The molecule has 0 aromatic heterocycles. The summed E-state index contributed by atoms with van der Waals surface area (Å²) in [7, 11) is -3.31. The second-order valence-corrected chi connectivity index (χ2v) is 7.58. The lowest BCUT2D eigenvalue weighted by atomic mass is 10.0. The van der Waals surface area contributed by atoms with Crippen LogP contribution in [0.25, 0.3) is 0 Å². The minimum Gasteiger partial charge on any atom is -0.207 e. The molecule has 1 fully saturated rings. The molecule has 0 N–H and O–H groups in total. The van der Waals surface area contributed by atoms with Gasteiger partial charge in [0.1, 0.15) is 0 Å². The zero-order chi connectivity index (χ0) is 12.6. The van der Waals surface area contributed by atoms with Gasteiger partial charge in [-0.05, 0) is 36.1 Å². The Kier molecular flexibility index (Phi) is 3.61. The monoisotopic (exact) mass is 317 g/mol. The van der Waals surface area contributed by atoms with Crippen molar-refractivity contribution in [2.24, 2.45) is 11.8 Å². The van der Waals surface area contributed by atoms with Crippen molar-refractivity contribution in [3.8, 4) is 0 Å². The van der Waals surface area contributed by atoms with E-state index in [0.29, 0.717) is 29.8 Å². The highest BCUT2D eigenvalue weighted by Gasteiger charge is 2.34. The Balaban J connectivity index is 2.28. The van der Waals surface area contributed by atoms with E-state index in [1.165, 1.54) is 0 Å². The molecule has 17 heavy (non-hydrogen) atoms. The number of halogens is 1. The molecule has 94 valence electrons. The van der Waals surface area contributed by atoms with Crippen LogP contribution >= 0.6 is 15.9 Å². The van der Waals surface area contributed by atoms with E-state index in [2.05, 4.69) is 29.8 Å². The van der Waals surface area contributed by atoms with E-state index in [1.807, 2.05) is 0 Å². The van der Waals surface area contributed by atoms with Gasteiger partial charge in [-0.1, -0.05) is 29.8 Å². The van der Waals surface area contributed by atoms with Gasteiger partial charge < -0.3 is 0 Å². The molecule has 0 aliphatic carbocycles. The summed E-state index contributed by atoms with van der Waals surface area (Å²) in [5, 5.41) is 0. The molecule has 1 aromatic rings. The van der Waals surface area contributed by atoms with Crippen LogP contribution in [0.1, 0.15) is 13.8 Å². The molecule has 3 nitrogen and oxygen atoms in total. The summed E-state index contributed by atoms with van der Waals surface area (Å²) >= 11 is 3.31. The van der Waals surface area contributed by atoms with Crippen LogP contribution < -0.4 is 0 Å².